The van der Waals surface area contributed by atoms with Crippen LogP contribution in [-0.4, -0.2) is 44.6 Å². The molecule has 0 saturated heterocycles. The lowest BCUT2D eigenvalue weighted by atomic mass is 10.2. The highest BCUT2D eigenvalue weighted by molar-refractivity contribution is 8.28. The smallest absolute Gasteiger partial charge is 0.272 e. The van der Waals surface area contributed by atoms with Gasteiger partial charge in [-0.25, -0.2) is 9.98 Å². The fourth-order valence-electron chi connectivity index (χ4n) is 2.78. The van der Waals surface area contributed by atoms with E-state index in [1.165, 1.54) is 35.2 Å². The Morgan fingerprint density at radius 1 is 1.38 bits per heavy atom. The van der Waals surface area contributed by atoms with E-state index in [0.29, 0.717) is 27.0 Å². The summed E-state index contributed by atoms with van der Waals surface area (Å²) in [7, 11) is -1.92. The van der Waals surface area contributed by atoms with E-state index in [9.17, 15) is 8.68 Å². The van der Waals surface area contributed by atoms with Crippen molar-refractivity contribution in [3.8, 4) is 5.69 Å². The van der Waals surface area contributed by atoms with Crippen molar-refractivity contribution in [1.29, 1.82) is 0 Å². The van der Waals surface area contributed by atoms with Crippen molar-refractivity contribution in [2.45, 2.75) is 4.90 Å². The first-order chi connectivity index (χ1) is 15.2. The number of halogens is 1. The van der Waals surface area contributed by atoms with Gasteiger partial charge in [-0.15, -0.1) is 0 Å². The molecule has 4 rings (SSSR count). The zero-order chi connectivity index (χ0) is 23.3. The van der Waals surface area contributed by atoms with Crippen LogP contribution in [0.15, 0.2) is 87.5 Å². The van der Waals surface area contributed by atoms with Gasteiger partial charge in [0.05, 0.1) is 24.3 Å². The van der Waals surface area contributed by atoms with Gasteiger partial charge >= 0.3 is 0 Å². The van der Waals surface area contributed by atoms with Crippen LogP contribution in [0, 0.1) is 0 Å². The van der Waals surface area contributed by atoms with Crippen LogP contribution in [0.1, 0.15) is 5.69 Å². The summed E-state index contributed by atoms with van der Waals surface area (Å²) in [6.45, 7) is 7.57. The number of rotatable bonds is 5. The van der Waals surface area contributed by atoms with Crippen molar-refractivity contribution < 1.29 is 13.4 Å². The van der Waals surface area contributed by atoms with Gasteiger partial charge in [-0.3, -0.25) is 9.36 Å². The van der Waals surface area contributed by atoms with Gasteiger partial charge < -0.3 is 9.52 Å². The molecule has 0 bridgehead atoms. The van der Waals surface area contributed by atoms with Crippen molar-refractivity contribution in [3.63, 3.8) is 0 Å². The van der Waals surface area contributed by atoms with Gasteiger partial charge in [0.1, 0.15) is 21.8 Å². The van der Waals surface area contributed by atoms with Gasteiger partial charge in [-0.2, -0.15) is 3.89 Å². The fourth-order valence-corrected chi connectivity index (χ4v) is 4.20. The summed E-state index contributed by atoms with van der Waals surface area (Å²) in [5.74, 6) is 0.312. The van der Waals surface area contributed by atoms with Crippen molar-refractivity contribution in [1.82, 2.24) is 9.55 Å². The Kier molecular flexibility index (Phi) is 7.55. The number of furan rings is 1. The minimum absolute atomic E-state index is 0.0289. The molecular formula is C23H24FN3O3S2. The van der Waals surface area contributed by atoms with E-state index in [2.05, 4.69) is 23.1 Å². The maximum atomic E-state index is 12.9. The highest BCUT2D eigenvalue weighted by Gasteiger charge is 2.27. The second-order valence-corrected chi connectivity index (χ2v) is 11.4. The third-order valence-corrected chi connectivity index (χ3v) is 6.65. The summed E-state index contributed by atoms with van der Waals surface area (Å²) in [5, 5.41) is 9.78. The van der Waals surface area contributed by atoms with Crippen LogP contribution in [0.25, 0.3) is 22.2 Å². The zero-order valence-corrected chi connectivity index (χ0v) is 19.5. The second-order valence-electron chi connectivity index (χ2n) is 7.16. The lowest BCUT2D eigenvalue weighted by molar-refractivity contribution is 0.321. The molecule has 6 nitrogen and oxygen atoms in total. The number of aliphatic hydroxyl groups is 1. The number of aliphatic imine (C=N–C) groups is 1. The highest BCUT2D eigenvalue weighted by Crippen LogP contribution is 2.40. The number of benzene rings is 1. The third kappa shape index (κ3) is 5.48. The van der Waals surface area contributed by atoms with E-state index in [1.54, 1.807) is 24.6 Å². The molecule has 0 spiro atoms. The Balaban J connectivity index is 0.000000360. The monoisotopic (exact) mass is 473 g/mol. The number of hydrogen-bond acceptors (Lipinski definition) is 6. The molecule has 1 aromatic carbocycles. The third-order valence-electron chi connectivity index (χ3n) is 4.38. The van der Waals surface area contributed by atoms with E-state index < -0.39 is 10.4 Å². The van der Waals surface area contributed by atoms with Crippen LogP contribution in [0.2, 0.25) is 0 Å². The topological polar surface area (TPSA) is 80.6 Å². The summed E-state index contributed by atoms with van der Waals surface area (Å²) in [6.07, 6.45) is 11.2. The lowest BCUT2D eigenvalue weighted by Crippen LogP contribution is -2.20. The minimum atomic E-state index is -1.92. The van der Waals surface area contributed by atoms with E-state index >= 15 is 0 Å². The van der Waals surface area contributed by atoms with Crippen molar-refractivity contribution in [2.24, 2.45) is 4.99 Å². The van der Waals surface area contributed by atoms with Gasteiger partial charge in [-0.05, 0) is 42.9 Å². The Bertz CT molecular complexity index is 1270. The average molecular weight is 474 g/mol. The molecule has 3 heterocycles. The molecule has 1 aliphatic heterocycles. The van der Waals surface area contributed by atoms with Crippen LogP contribution in [0.5, 0.6) is 0 Å². The first-order valence-electron chi connectivity index (χ1n) is 9.59. The van der Waals surface area contributed by atoms with Gasteiger partial charge in [0, 0.05) is 22.9 Å². The molecule has 32 heavy (non-hydrogen) atoms. The number of thioether (sulfide) groups is 1. The molecule has 0 saturated carbocycles. The van der Waals surface area contributed by atoms with Gasteiger partial charge in [-0.1, -0.05) is 41.4 Å². The maximum Gasteiger partial charge on any atom is 0.272 e. The Hall–Kier alpha value is -2.88. The summed E-state index contributed by atoms with van der Waals surface area (Å²) < 4.78 is 19.2. The van der Waals surface area contributed by atoms with Crippen molar-refractivity contribution in [3.05, 3.63) is 84.4 Å². The molecular weight excluding hydrogens is 449 g/mol. The number of allylic oxidation sites excluding steroid dienone is 2. The Morgan fingerprint density at radius 3 is 2.81 bits per heavy atom. The first-order valence-corrected chi connectivity index (χ1v) is 12.9. The Labute approximate surface area is 191 Å². The number of nitrogens with zero attached hydrogens (tertiary/aromatic N) is 3. The molecule has 1 N–H and O–H groups in total. The molecule has 0 atom stereocenters. The van der Waals surface area contributed by atoms with E-state index in [1.807, 2.05) is 24.3 Å². The van der Waals surface area contributed by atoms with Crippen LogP contribution in [-0.2, 0) is 0 Å². The molecule has 0 aliphatic carbocycles. The standard InChI is InChI=1S/C19H13N3O2S.C4H11FOS/c1-3-4-8-20-18-12(2)16-17(25-18)19(23)22(11-21-16)14-5-6-15-13(10-14)7-9-24-15;1-7(2,5)4-3-6/h3-11H,1-2H2;6H,3-4H2,1-2H3/b8-4-,20-18?;. The molecule has 0 fully saturated rings. The van der Waals surface area contributed by atoms with Crippen molar-refractivity contribution >= 4 is 43.8 Å². The van der Waals surface area contributed by atoms with Crippen LogP contribution in [0.3, 0.4) is 0 Å². The lowest BCUT2D eigenvalue weighted by Gasteiger charge is -2.16. The van der Waals surface area contributed by atoms with E-state index in [4.69, 9.17) is 9.52 Å². The number of hydrogen-bond donors (Lipinski definition) is 1. The molecule has 2 aromatic heterocycles. The number of aliphatic hydroxyl groups excluding tert-OH is 1. The molecule has 0 unspecified atom stereocenters. The number of aromatic nitrogens is 2. The predicted molar refractivity (Wildman–Crippen MR) is 134 cm³/mol. The SMILES string of the molecule is C=C/C=C\N=C1Sc2c(ncn(-c3ccc4occc4c3)c2=O)C1=C.CS(C)(F)CCO. The average Bonchev–Trinajstić information content (AvgIpc) is 3.33. The highest BCUT2D eigenvalue weighted by atomic mass is 32.3. The largest absolute Gasteiger partial charge is 0.464 e. The normalized spacial score (nSPS) is 15.1. The molecule has 1 aliphatic rings. The fraction of sp³-hybridized carbons (Fsp3) is 0.174. The first kappa shape index (κ1) is 23.8. The molecule has 0 radical (unpaired) electrons. The summed E-state index contributed by atoms with van der Waals surface area (Å²) in [6, 6.07) is 7.42. The molecule has 9 heteroatoms. The molecule has 168 valence electrons. The second kappa shape index (κ2) is 10.2. The van der Waals surface area contributed by atoms with E-state index in [0.717, 1.165) is 16.7 Å². The Morgan fingerprint density at radius 2 is 2.16 bits per heavy atom. The maximum absolute atomic E-state index is 12.9. The zero-order valence-electron chi connectivity index (χ0n) is 17.8. The van der Waals surface area contributed by atoms with Gasteiger partial charge in [0.15, 0.2) is 0 Å². The van der Waals surface area contributed by atoms with Crippen LogP contribution < -0.4 is 5.56 Å². The molecule has 0 amide bonds. The molecule has 3 aromatic rings. The quantitative estimate of drug-likeness (QED) is 0.520. The van der Waals surface area contributed by atoms with E-state index in [-0.39, 0.29) is 12.2 Å². The van der Waals surface area contributed by atoms with Crippen LogP contribution in [0.4, 0.5) is 3.89 Å². The summed E-state index contributed by atoms with van der Waals surface area (Å²) in [5.41, 5.74) is 2.61. The number of fused-ring (bicyclic) bond motifs is 2. The van der Waals surface area contributed by atoms with Crippen LogP contribution >= 0.6 is 22.2 Å². The minimum Gasteiger partial charge on any atom is -0.464 e. The van der Waals surface area contributed by atoms with Gasteiger partial charge in [0.2, 0.25) is 0 Å². The predicted octanol–water partition coefficient (Wildman–Crippen LogP) is 5.12. The summed E-state index contributed by atoms with van der Waals surface area (Å²) in [4.78, 5) is 22.2. The summed E-state index contributed by atoms with van der Waals surface area (Å²) >= 11 is 1.29. The van der Waals surface area contributed by atoms with Gasteiger partial charge in [0.25, 0.3) is 5.56 Å². The van der Waals surface area contributed by atoms with Crippen molar-refractivity contribution in [2.75, 3.05) is 24.9 Å².